The van der Waals surface area contributed by atoms with Crippen LogP contribution >= 0.6 is 0 Å². The first-order valence-electron chi connectivity index (χ1n) is 11.1. The first-order valence-corrected chi connectivity index (χ1v) is 11.1. The minimum atomic E-state index is -0.471. The summed E-state index contributed by atoms with van der Waals surface area (Å²) in [6.45, 7) is 0. The summed E-state index contributed by atoms with van der Waals surface area (Å²) in [7, 11) is 0. The third-order valence-corrected chi connectivity index (χ3v) is 9.34. The molecular weight excluding hydrogens is 308 g/mol. The zero-order valence-electron chi connectivity index (χ0n) is 15.5. The van der Waals surface area contributed by atoms with Crippen LogP contribution in [0.1, 0.15) is 77.0 Å². The molecule has 25 heavy (non-hydrogen) atoms. The predicted octanol–water partition coefficient (Wildman–Crippen LogP) is 5.68. The van der Waals surface area contributed by atoms with Crippen LogP contribution in [0.2, 0.25) is 0 Å². The second-order valence-electron chi connectivity index (χ2n) is 9.97. The molecule has 2 heteroatoms. The molecule has 0 spiro atoms. The van der Waals surface area contributed by atoms with Gasteiger partial charge in [-0.1, -0.05) is 44.3 Å². The molecule has 0 aromatic heterocycles. The lowest BCUT2D eigenvalue weighted by Crippen LogP contribution is -2.56. The number of fused-ring (bicyclic) bond motifs is 7. The number of carboxylic acids is 1. The van der Waals surface area contributed by atoms with Crippen molar-refractivity contribution < 1.29 is 9.90 Å². The van der Waals surface area contributed by atoms with Gasteiger partial charge in [-0.05, 0) is 86.4 Å². The molecule has 8 atom stereocenters. The van der Waals surface area contributed by atoms with Crippen molar-refractivity contribution >= 4 is 5.97 Å². The molecule has 0 radical (unpaired) electrons. The van der Waals surface area contributed by atoms with E-state index < -0.39 is 11.4 Å². The molecule has 5 rings (SSSR count). The van der Waals surface area contributed by atoms with E-state index in [0.29, 0.717) is 17.8 Å². The average Bonchev–Trinajstić information content (AvgIpc) is 2.66. The topological polar surface area (TPSA) is 37.3 Å². The lowest BCUT2D eigenvalue weighted by molar-refractivity contribution is -0.169. The van der Waals surface area contributed by atoms with Crippen molar-refractivity contribution in [2.45, 2.75) is 77.0 Å². The highest BCUT2D eigenvalue weighted by molar-refractivity contribution is 5.76. The molecule has 5 aliphatic carbocycles. The van der Waals surface area contributed by atoms with Gasteiger partial charge in [-0.3, -0.25) is 4.79 Å². The Labute approximate surface area is 152 Å². The van der Waals surface area contributed by atoms with Gasteiger partial charge < -0.3 is 5.11 Å². The monoisotopic (exact) mass is 342 g/mol. The summed E-state index contributed by atoms with van der Waals surface area (Å²) in [6.07, 6.45) is 20.5. The van der Waals surface area contributed by atoms with Crippen molar-refractivity contribution in [3.05, 3.63) is 12.2 Å². The van der Waals surface area contributed by atoms with E-state index in [0.717, 1.165) is 42.9 Å². The zero-order chi connectivity index (χ0) is 17.0. The molecule has 8 unspecified atom stereocenters. The summed E-state index contributed by atoms with van der Waals surface area (Å²) in [5.74, 6) is 4.38. The first kappa shape index (κ1) is 16.4. The standard InChI is InChI=1S/C23H34O2/c24-22(25)23-14-4-3-6-16(23)9-11-20-19-10-8-15-5-1-2-7-17(15)18(19)12-13-21(20)23/h12-13,15-21H,1-11,14H2,(H,24,25). The maximum Gasteiger partial charge on any atom is 0.310 e. The van der Waals surface area contributed by atoms with Crippen molar-refractivity contribution in [1.29, 1.82) is 0 Å². The Hall–Kier alpha value is -0.790. The van der Waals surface area contributed by atoms with E-state index in [-0.39, 0.29) is 0 Å². The highest BCUT2D eigenvalue weighted by Gasteiger charge is 2.59. The Morgan fingerprint density at radius 2 is 1.60 bits per heavy atom. The van der Waals surface area contributed by atoms with E-state index in [1.165, 1.54) is 57.8 Å². The van der Waals surface area contributed by atoms with Gasteiger partial charge in [0.15, 0.2) is 0 Å². The Morgan fingerprint density at radius 1 is 0.800 bits per heavy atom. The average molecular weight is 343 g/mol. The summed E-state index contributed by atoms with van der Waals surface area (Å²) in [4.78, 5) is 12.5. The molecule has 2 nitrogen and oxygen atoms in total. The van der Waals surface area contributed by atoms with Crippen LogP contribution in [-0.2, 0) is 4.79 Å². The zero-order valence-corrected chi connectivity index (χ0v) is 15.5. The fourth-order valence-corrected chi connectivity index (χ4v) is 8.34. The molecule has 0 aromatic carbocycles. The van der Waals surface area contributed by atoms with Crippen LogP contribution in [0.5, 0.6) is 0 Å². The van der Waals surface area contributed by atoms with Gasteiger partial charge >= 0.3 is 5.97 Å². The molecule has 0 heterocycles. The third kappa shape index (κ3) is 2.31. The molecule has 4 fully saturated rings. The number of carboxylic acid groups (broad SMARTS) is 1. The van der Waals surface area contributed by atoms with Gasteiger partial charge in [-0.25, -0.2) is 0 Å². The Bertz CT molecular complexity index is 566. The van der Waals surface area contributed by atoms with Crippen LogP contribution in [-0.4, -0.2) is 11.1 Å². The largest absolute Gasteiger partial charge is 0.481 e. The van der Waals surface area contributed by atoms with E-state index in [1.807, 2.05) is 0 Å². The second-order valence-corrected chi connectivity index (χ2v) is 9.97. The molecule has 5 aliphatic rings. The number of carbonyl (C=O) groups is 1. The molecular formula is C23H34O2. The van der Waals surface area contributed by atoms with Gasteiger partial charge in [0.2, 0.25) is 0 Å². The minimum absolute atomic E-state index is 0.324. The lowest BCUT2D eigenvalue weighted by atomic mass is 9.45. The van der Waals surface area contributed by atoms with E-state index in [4.69, 9.17) is 0 Å². The smallest absolute Gasteiger partial charge is 0.310 e. The van der Waals surface area contributed by atoms with Gasteiger partial charge in [-0.15, -0.1) is 0 Å². The SMILES string of the molecule is O=C(O)C12CCCCC1CCC1C3CCC4CCCCC4C3C=CC12. The normalized spacial score (nSPS) is 51.6. The van der Waals surface area contributed by atoms with Crippen LogP contribution in [0, 0.1) is 46.8 Å². The maximum absolute atomic E-state index is 12.5. The van der Waals surface area contributed by atoms with Crippen molar-refractivity contribution in [1.82, 2.24) is 0 Å². The van der Waals surface area contributed by atoms with Gasteiger partial charge in [0.1, 0.15) is 0 Å². The third-order valence-electron chi connectivity index (χ3n) is 9.34. The Kier molecular flexibility index (Phi) is 4.02. The summed E-state index contributed by atoms with van der Waals surface area (Å²) >= 11 is 0. The van der Waals surface area contributed by atoms with Crippen LogP contribution in [0.25, 0.3) is 0 Å². The molecule has 0 bridgehead atoms. The van der Waals surface area contributed by atoms with E-state index in [1.54, 1.807) is 0 Å². The van der Waals surface area contributed by atoms with Crippen molar-refractivity contribution in [3.63, 3.8) is 0 Å². The summed E-state index contributed by atoms with van der Waals surface area (Å²) in [5.41, 5.74) is -0.425. The summed E-state index contributed by atoms with van der Waals surface area (Å²) in [5, 5.41) is 10.3. The molecule has 0 aromatic rings. The molecule has 4 saturated carbocycles. The van der Waals surface area contributed by atoms with E-state index >= 15 is 0 Å². The minimum Gasteiger partial charge on any atom is -0.481 e. The fraction of sp³-hybridized carbons (Fsp3) is 0.870. The van der Waals surface area contributed by atoms with Crippen LogP contribution in [0.3, 0.4) is 0 Å². The summed E-state index contributed by atoms with van der Waals surface area (Å²) in [6, 6.07) is 0. The molecule has 0 saturated heterocycles. The molecule has 138 valence electrons. The quantitative estimate of drug-likeness (QED) is 0.623. The number of hydrogen-bond donors (Lipinski definition) is 1. The lowest BCUT2D eigenvalue weighted by Gasteiger charge is -2.58. The number of hydrogen-bond acceptors (Lipinski definition) is 1. The van der Waals surface area contributed by atoms with E-state index in [9.17, 15) is 9.90 Å². The van der Waals surface area contributed by atoms with Crippen LogP contribution in [0.15, 0.2) is 12.2 Å². The predicted molar refractivity (Wildman–Crippen MR) is 99.0 cm³/mol. The number of rotatable bonds is 1. The Morgan fingerprint density at radius 3 is 2.48 bits per heavy atom. The summed E-state index contributed by atoms with van der Waals surface area (Å²) < 4.78 is 0. The first-order chi connectivity index (χ1) is 12.2. The van der Waals surface area contributed by atoms with Crippen molar-refractivity contribution in [2.75, 3.05) is 0 Å². The molecule has 1 N–H and O–H groups in total. The van der Waals surface area contributed by atoms with Crippen molar-refractivity contribution in [2.24, 2.45) is 46.8 Å². The highest BCUT2D eigenvalue weighted by atomic mass is 16.4. The van der Waals surface area contributed by atoms with Gasteiger partial charge in [0.05, 0.1) is 5.41 Å². The highest BCUT2D eigenvalue weighted by Crippen LogP contribution is 2.62. The Balaban J connectivity index is 1.50. The van der Waals surface area contributed by atoms with Crippen LogP contribution in [0.4, 0.5) is 0 Å². The molecule has 0 aliphatic heterocycles. The second kappa shape index (κ2) is 6.13. The van der Waals surface area contributed by atoms with Gasteiger partial charge in [0.25, 0.3) is 0 Å². The van der Waals surface area contributed by atoms with Crippen molar-refractivity contribution in [3.8, 4) is 0 Å². The maximum atomic E-state index is 12.5. The fourth-order valence-electron chi connectivity index (χ4n) is 8.34. The van der Waals surface area contributed by atoms with Gasteiger partial charge in [0, 0.05) is 0 Å². The number of allylic oxidation sites excluding steroid dienone is 2. The van der Waals surface area contributed by atoms with Gasteiger partial charge in [-0.2, -0.15) is 0 Å². The van der Waals surface area contributed by atoms with E-state index in [2.05, 4.69) is 12.2 Å². The number of aliphatic carboxylic acids is 1. The molecule has 0 amide bonds. The van der Waals surface area contributed by atoms with Crippen LogP contribution < -0.4 is 0 Å².